The SMILES string of the molecule is Cc1ccc(C)c(N2CCN([C@H](c3cc4c(C)cc(C)cc4[nH]c3=O)c3nnnn3Cc3ccco3)CC2)c1. The van der Waals surface area contributed by atoms with Gasteiger partial charge in [0.25, 0.3) is 5.56 Å². The third kappa shape index (κ3) is 4.85. The van der Waals surface area contributed by atoms with Crippen molar-refractivity contribution in [3.05, 3.63) is 105 Å². The summed E-state index contributed by atoms with van der Waals surface area (Å²) in [6.07, 6.45) is 1.64. The minimum absolute atomic E-state index is 0.123. The topological polar surface area (TPSA) is 96.1 Å². The molecule has 1 aliphatic heterocycles. The zero-order valence-electron chi connectivity index (χ0n) is 22.8. The Kier molecular flexibility index (Phi) is 6.52. The first-order valence-electron chi connectivity index (χ1n) is 13.4. The number of aromatic nitrogens is 5. The van der Waals surface area contributed by atoms with Crippen LogP contribution in [0.25, 0.3) is 10.9 Å². The highest BCUT2D eigenvalue weighted by molar-refractivity contribution is 5.83. The number of rotatable bonds is 6. The van der Waals surface area contributed by atoms with Gasteiger partial charge in [0, 0.05) is 48.3 Å². The normalized spacial score (nSPS) is 15.2. The number of hydrogen-bond acceptors (Lipinski definition) is 7. The number of aryl methyl sites for hydroxylation is 4. The molecule has 1 saturated heterocycles. The number of piperazine rings is 1. The van der Waals surface area contributed by atoms with E-state index in [0.717, 1.165) is 54.0 Å². The second-order valence-corrected chi connectivity index (χ2v) is 10.6. The van der Waals surface area contributed by atoms with Gasteiger partial charge in [0.15, 0.2) is 5.82 Å². The molecule has 6 rings (SSSR count). The van der Waals surface area contributed by atoms with Crippen molar-refractivity contribution in [2.24, 2.45) is 0 Å². The van der Waals surface area contributed by atoms with Crippen LogP contribution in [0.4, 0.5) is 5.69 Å². The first-order chi connectivity index (χ1) is 18.9. The fraction of sp³-hybridized carbons (Fsp3) is 0.333. The minimum atomic E-state index is -0.412. The molecule has 0 saturated carbocycles. The summed E-state index contributed by atoms with van der Waals surface area (Å²) in [5.74, 6) is 1.38. The summed E-state index contributed by atoms with van der Waals surface area (Å²) in [4.78, 5) is 21.5. The lowest BCUT2D eigenvalue weighted by molar-refractivity contribution is 0.200. The highest BCUT2D eigenvalue weighted by Gasteiger charge is 2.33. The lowest BCUT2D eigenvalue weighted by Gasteiger charge is -2.40. The lowest BCUT2D eigenvalue weighted by Crippen LogP contribution is -2.49. The number of hydrogen-bond donors (Lipinski definition) is 1. The van der Waals surface area contributed by atoms with Crippen LogP contribution >= 0.6 is 0 Å². The molecule has 39 heavy (non-hydrogen) atoms. The van der Waals surface area contributed by atoms with Gasteiger partial charge in [-0.15, -0.1) is 5.10 Å². The van der Waals surface area contributed by atoms with E-state index < -0.39 is 6.04 Å². The Bertz CT molecular complexity index is 1680. The predicted octanol–water partition coefficient (Wildman–Crippen LogP) is 4.30. The quantitative estimate of drug-likeness (QED) is 0.354. The van der Waals surface area contributed by atoms with Crippen molar-refractivity contribution in [1.29, 1.82) is 0 Å². The van der Waals surface area contributed by atoms with E-state index in [2.05, 4.69) is 75.3 Å². The van der Waals surface area contributed by atoms with Gasteiger partial charge in [-0.2, -0.15) is 0 Å². The first kappa shape index (κ1) is 25.1. The number of furan rings is 1. The van der Waals surface area contributed by atoms with Crippen molar-refractivity contribution in [2.75, 3.05) is 31.1 Å². The van der Waals surface area contributed by atoms with Gasteiger partial charge >= 0.3 is 0 Å². The van der Waals surface area contributed by atoms with Gasteiger partial charge in [0.1, 0.15) is 18.3 Å². The molecule has 200 valence electrons. The maximum absolute atomic E-state index is 13.6. The maximum atomic E-state index is 13.6. The monoisotopic (exact) mass is 523 g/mol. The summed E-state index contributed by atoms with van der Waals surface area (Å²) in [6, 6.07) is 16.1. The molecule has 0 amide bonds. The van der Waals surface area contributed by atoms with E-state index in [0.29, 0.717) is 17.9 Å². The largest absolute Gasteiger partial charge is 0.467 e. The van der Waals surface area contributed by atoms with Crippen LogP contribution in [0.1, 0.15) is 45.4 Å². The van der Waals surface area contributed by atoms with Crippen molar-refractivity contribution in [3.63, 3.8) is 0 Å². The van der Waals surface area contributed by atoms with E-state index in [1.807, 2.05) is 31.2 Å². The zero-order valence-corrected chi connectivity index (χ0v) is 22.8. The zero-order chi connectivity index (χ0) is 27.1. The number of aromatic amines is 1. The van der Waals surface area contributed by atoms with E-state index in [4.69, 9.17) is 4.42 Å². The molecule has 1 atom stereocenters. The second-order valence-electron chi connectivity index (χ2n) is 10.6. The summed E-state index contributed by atoms with van der Waals surface area (Å²) in [5, 5.41) is 13.8. The van der Waals surface area contributed by atoms with Crippen molar-refractivity contribution in [3.8, 4) is 0 Å². The standard InChI is InChI=1S/C30H33N7O2/c1-19-7-8-21(3)27(16-19)35-9-11-36(12-10-35)28(29-32-33-34-37(29)18-23-6-5-13-39-23)25-17-24-22(4)14-20(2)15-26(24)31-30(25)38/h5-8,13-17,28H,9-12,18H2,1-4H3,(H,31,38)/t28-/m1/s1. The highest BCUT2D eigenvalue weighted by Crippen LogP contribution is 2.31. The third-order valence-electron chi connectivity index (χ3n) is 7.71. The van der Waals surface area contributed by atoms with Crippen LogP contribution in [-0.2, 0) is 6.54 Å². The molecule has 0 radical (unpaired) electrons. The smallest absolute Gasteiger partial charge is 0.253 e. The summed E-state index contributed by atoms with van der Waals surface area (Å²) in [6.45, 7) is 12.0. The third-order valence-corrected chi connectivity index (χ3v) is 7.71. The summed E-state index contributed by atoms with van der Waals surface area (Å²) in [5.41, 5.74) is 7.39. The number of fused-ring (bicyclic) bond motifs is 1. The average Bonchev–Trinajstić information content (AvgIpc) is 3.59. The molecule has 0 bridgehead atoms. The molecule has 5 aromatic rings. The molecule has 0 aliphatic carbocycles. The predicted molar refractivity (Wildman–Crippen MR) is 151 cm³/mol. The molecule has 0 spiro atoms. The minimum Gasteiger partial charge on any atom is -0.467 e. The molecule has 0 unspecified atom stereocenters. The van der Waals surface area contributed by atoms with Gasteiger partial charge < -0.3 is 14.3 Å². The Labute approximate surface area is 227 Å². The van der Waals surface area contributed by atoms with E-state index in [1.165, 1.54) is 16.8 Å². The second kappa shape index (κ2) is 10.1. The molecule has 1 N–H and O–H groups in total. The number of anilines is 1. The molecule has 9 nitrogen and oxygen atoms in total. The van der Waals surface area contributed by atoms with Crippen LogP contribution in [-0.4, -0.2) is 56.3 Å². The number of nitrogens with one attached hydrogen (secondary N) is 1. The van der Waals surface area contributed by atoms with Crippen LogP contribution in [0.15, 0.2) is 64.0 Å². The Morgan fingerprint density at radius 3 is 2.54 bits per heavy atom. The van der Waals surface area contributed by atoms with Crippen molar-refractivity contribution in [2.45, 2.75) is 40.3 Å². The Morgan fingerprint density at radius 1 is 0.949 bits per heavy atom. The molecule has 9 heteroatoms. The Morgan fingerprint density at radius 2 is 1.77 bits per heavy atom. The van der Waals surface area contributed by atoms with Crippen LogP contribution in [0, 0.1) is 27.7 Å². The van der Waals surface area contributed by atoms with Gasteiger partial charge in [-0.3, -0.25) is 9.69 Å². The van der Waals surface area contributed by atoms with Crippen molar-refractivity contribution < 1.29 is 4.42 Å². The van der Waals surface area contributed by atoms with Gasteiger partial charge in [-0.05, 0) is 90.7 Å². The maximum Gasteiger partial charge on any atom is 0.253 e. The van der Waals surface area contributed by atoms with E-state index >= 15 is 0 Å². The van der Waals surface area contributed by atoms with E-state index in [-0.39, 0.29) is 5.56 Å². The fourth-order valence-electron chi connectivity index (χ4n) is 5.74. The van der Waals surface area contributed by atoms with Crippen LogP contribution in [0.3, 0.4) is 0 Å². The number of benzene rings is 2. The van der Waals surface area contributed by atoms with Gasteiger partial charge in [0.2, 0.25) is 0 Å². The number of tetrazole rings is 1. The van der Waals surface area contributed by atoms with Crippen LogP contribution in [0.2, 0.25) is 0 Å². The molecule has 2 aromatic carbocycles. The number of pyridine rings is 1. The number of nitrogens with zero attached hydrogens (tertiary/aromatic N) is 6. The summed E-state index contributed by atoms with van der Waals surface area (Å²) >= 11 is 0. The molecule has 1 aliphatic rings. The fourth-order valence-corrected chi connectivity index (χ4v) is 5.74. The lowest BCUT2D eigenvalue weighted by atomic mass is 9.99. The molecule has 1 fully saturated rings. The van der Waals surface area contributed by atoms with Crippen molar-refractivity contribution in [1.82, 2.24) is 30.1 Å². The van der Waals surface area contributed by atoms with Gasteiger partial charge in [-0.25, -0.2) is 4.68 Å². The van der Waals surface area contributed by atoms with Crippen molar-refractivity contribution >= 4 is 16.6 Å². The first-order valence-corrected chi connectivity index (χ1v) is 13.4. The molecular weight excluding hydrogens is 490 g/mol. The molecular formula is C30H33N7O2. The number of H-pyrrole nitrogens is 1. The van der Waals surface area contributed by atoms with E-state index in [1.54, 1.807) is 10.9 Å². The Hall–Kier alpha value is -4.24. The summed E-state index contributed by atoms with van der Waals surface area (Å²) < 4.78 is 7.32. The summed E-state index contributed by atoms with van der Waals surface area (Å²) in [7, 11) is 0. The molecule has 3 aromatic heterocycles. The van der Waals surface area contributed by atoms with Crippen LogP contribution < -0.4 is 10.5 Å². The average molecular weight is 524 g/mol. The highest BCUT2D eigenvalue weighted by atomic mass is 16.3. The van der Waals surface area contributed by atoms with Gasteiger partial charge in [-0.1, -0.05) is 18.2 Å². The van der Waals surface area contributed by atoms with E-state index in [9.17, 15) is 4.79 Å². The van der Waals surface area contributed by atoms with Crippen LogP contribution in [0.5, 0.6) is 0 Å². The van der Waals surface area contributed by atoms with Gasteiger partial charge in [0.05, 0.1) is 6.26 Å². The molecule has 4 heterocycles. The Balaban J connectivity index is 1.40.